The fraction of sp³-hybridized carbons (Fsp3) is 0.0526. The summed E-state index contributed by atoms with van der Waals surface area (Å²) in [4.78, 5) is 13.3. The van der Waals surface area contributed by atoms with Crippen molar-refractivity contribution in [2.45, 2.75) is 6.92 Å². The third-order valence-electron chi connectivity index (χ3n) is 3.94. The van der Waals surface area contributed by atoms with Crippen molar-refractivity contribution in [3.8, 4) is 5.69 Å². The highest BCUT2D eigenvalue weighted by atomic mass is 35.5. The molecule has 0 fully saturated rings. The molecule has 0 saturated heterocycles. The molecule has 0 radical (unpaired) electrons. The number of hydrogen-bond donors (Lipinski definition) is 1. The zero-order valence-corrected chi connectivity index (χ0v) is 17.0. The first-order chi connectivity index (χ1) is 12.9. The lowest BCUT2D eigenvalue weighted by Crippen LogP contribution is -2.14. The maximum atomic E-state index is 12.9. The number of carbonyl (C=O) groups excluding carboxylic acids is 1. The first kappa shape index (κ1) is 18.3. The monoisotopic (exact) mass is 435 g/mol. The number of aromatic nitrogens is 2. The number of benzene rings is 2. The summed E-state index contributed by atoms with van der Waals surface area (Å²) in [6.07, 6.45) is 0. The van der Waals surface area contributed by atoms with Crippen LogP contribution in [-0.4, -0.2) is 15.7 Å². The van der Waals surface area contributed by atoms with Crippen LogP contribution in [0.5, 0.6) is 0 Å². The van der Waals surface area contributed by atoms with Crippen LogP contribution in [0.15, 0.2) is 48.5 Å². The van der Waals surface area contributed by atoms with Gasteiger partial charge in [0.15, 0.2) is 0 Å². The average molecular weight is 437 g/mol. The molecule has 0 bridgehead atoms. The second-order valence-electron chi connectivity index (χ2n) is 5.90. The molecule has 0 aliphatic rings. The summed E-state index contributed by atoms with van der Waals surface area (Å²) >= 11 is 19.7. The molecule has 0 unspecified atom stereocenters. The van der Waals surface area contributed by atoms with Crippen molar-refractivity contribution in [1.29, 1.82) is 0 Å². The smallest absolute Gasteiger partial charge is 0.268 e. The molecule has 4 rings (SSSR count). The normalized spacial score (nSPS) is 11.1. The average Bonchev–Trinajstić information content (AvgIpc) is 3.15. The Bertz CT molecular complexity index is 1170. The highest BCUT2D eigenvalue weighted by molar-refractivity contribution is 7.21. The fourth-order valence-electron chi connectivity index (χ4n) is 2.73. The third-order valence-corrected chi connectivity index (χ3v) is 6.09. The van der Waals surface area contributed by atoms with Gasteiger partial charge >= 0.3 is 0 Å². The number of nitrogens with one attached hydrogen (secondary N) is 1. The van der Waals surface area contributed by atoms with Crippen molar-refractivity contribution < 1.29 is 4.79 Å². The lowest BCUT2D eigenvalue weighted by atomic mass is 10.2. The molecule has 0 aliphatic heterocycles. The summed E-state index contributed by atoms with van der Waals surface area (Å²) in [5.41, 5.74) is 1.56. The molecule has 8 heteroatoms. The van der Waals surface area contributed by atoms with Crippen LogP contribution in [0, 0.1) is 6.92 Å². The van der Waals surface area contributed by atoms with Gasteiger partial charge in [0.1, 0.15) is 10.7 Å². The summed E-state index contributed by atoms with van der Waals surface area (Å²) in [6, 6.07) is 14.4. The maximum Gasteiger partial charge on any atom is 0.268 e. The fourth-order valence-corrected chi connectivity index (χ4v) is 4.54. The zero-order valence-electron chi connectivity index (χ0n) is 14.0. The first-order valence-corrected chi connectivity index (χ1v) is 9.89. The van der Waals surface area contributed by atoms with Crippen molar-refractivity contribution in [1.82, 2.24) is 9.78 Å². The third kappa shape index (κ3) is 3.56. The Kier molecular flexibility index (Phi) is 4.86. The van der Waals surface area contributed by atoms with Crippen LogP contribution in [-0.2, 0) is 0 Å². The number of thiophene rings is 1. The van der Waals surface area contributed by atoms with E-state index in [-0.39, 0.29) is 5.91 Å². The van der Waals surface area contributed by atoms with E-state index in [0.717, 1.165) is 21.5 Å². The Morgan fingerprint density at radius 1 is 1.04 bits per heavy atom. The molecule has 4 nitrogen and oxygen atoms in total. The molecule has 4 aromatic rings. The van der Waals surface area contributed by atoms with Crippen molar-refractivity contribution in [3.63, 3.8) is 0 Å². The summed E-state index contributed by atoms with van der Waals surface area (Å²) < 4.78 is 2.52. The van der Waals surface area contributed by atoms with Crippen LogP contribution in [0.3, 0.4) is 0 Å². The van der Waals surface area contributed by atoms with E-state index in [1.165, 1.54) is 11.3 Å². The van der Waals surface area contributed by atoms with Crippen molar-refractivity contribution in [3.05, 3.63) is 74.2 Å². The molecule has 0 spiro atoms. The molecule has 136 valence electrons. The van der Waals surface area contributed by atoms with Crippen LogP contribution < -0.4 is 5.32 Å². The quantitative estimate of drug-likeness (QED) is 0.393. The lowest BCUT2D eigenvalue weighted by Gasteiger charge is -2.08. The van der Waals surface area contributed by atoms with Gasteiger partial charge in [0, 0.05) is 26.2 Å². The Morgan fingerprint density at radius 3 is 2.48 bits per heavy atom. The molecule has 2 aromatic heterocycles. The van der Waals surface area contributed by atoms with Crippen molar-refractivity contribution in [2.75, 3.05) is 5.32 Å². The van der Waals surface area contributed by atoms with E-state index in [2.05, 4.69) is 10.4 Å². The van der Waals surface area contributed by atoms with Crippen molar-refractivity contribution in [2.24, 2.45) is 0 Å². The van der Waals surface area contributed by atoms with Gasteiger partial charge < -0.3 is 5.32 Å². The van der Waals surface area contributed by atoms with Crippen LogP contribution >= 0.6 is 46.1 Å². The Morgan fingerprint density at radius 2 is 1.74 bits per heavy atom. The number of aryl methyl sites for hydroxylation is 1. The Balaban J connectivity index is 1.70. The predicted molar refractivity (Wildman–Crippen MR) is 113 cm³/mol. The highest BCUT2D eigenvalue weighted by Crippen LogP contribution is 2.37. The second kappa shape index (κ2) is 7.17. The van der Waals surface area contributed by atoms with Crippen LogP contribution in [0.4, 0.5) is 5.82 Å². The first-order valence-electron chi connectivity index (χ1n) is 7.94. The van der Waals surface area contributed by atoms with Gasteiger partial charge in [-0.25, -0.2) is 4.68 Å². The number of amides is 1. The Labute approximate surface area is 174 Å². The van der Waals surface area contributed by atoms with E-state index in [4.69, 9.17) is 34.8 Å². The van der Waals surface area contributed by atoms with Crippen molar-refractivity contribution >= 4 is 68.0 Å². The molecular formula is C19H12Cl3N3OS. The van der Waals surface area contributed by atoms with Gasteiger partial charge in [-0.15, -0.1) is 11.3 Å². The van der Waals surface area contributed by atoms with E-state index >= 15 is 0 Å². The van der Waals surface area contributed by atoms with E-state index in [9.17, 15) is 4.79 Å². The molecule has 27 heavy (non-hydrogen) atoms. The minimum Gasteiger partial charge on any atom is -0.306 e. The van der Waals surface area contributed by atoms with E-state index < -0.39 is 0 Å². The minimum atomic E-state index is -0.299. The van der Waals surface area contributed by atoms with Gasteiger partial charge in [-0.2, -0.15) is 5.10 Å². The number of rotatable bonds is 3. The summed E-state index contributed by atoms with van der Waals surface area (Å²) in [6.45, 7) is 1.86. The van der Waals surface area contributed by atoms with Gasteiger partial charge in [-0.05, 0) is 43.3 Å². The number of nitrogens with zero attached hydrogens (tertiary/aromatic N) is 2. The lowest BCUT2D eigenvalue weighted by molar-refractivity contribution is 0.103. The molecule has 0 saturated carbocycles. The molecule has 0 atom stereocenters. The van der Waals surface area contributed by atoms with Crippen LogP contribution in [0.2, 0.25) is 15.1 Å². The molecule has 2 aromatic carbocycles. The van der Waals surface area contributed by atoms with Gasteiger partial charge in [0.25, 0.3) is 5.91 Å². The van der Waals surface area contributed by atoms with E-state index in [1.54, 1.807) is 35.0 Å². The number of fused-ring (bicyclic) bond motifs is 1. The molecular weight excluding hydrogens is 425 g/mol. The van der Waals surface area contributed by atoms with Gasteiger partial charge in [0.2, 0.25) is 0 Å². The van der Waals surface area contributed by atoms with Crippen LogP contribution in [0.1, 0.15) is 15.4 Å². The van der Waals surface area contributed by atoms with Gasteiger partial charge in [0.05, 0.1) is 16.4 Å². The molecule has 1 amide bonds. The largest absolute Gasteiger partial charge is 0.306 e. The number of halogens is 3. The van der Waals surface area contributed by atoms with E-state index in [1.807, 2.05) is 25.1 Å². The number of anilines is 1. The number of carbonyl (C=O) groups is 1. The number of hydrogen-bond acceptors (Lipinski definition) is 3. The standard InChI is InChI=1S/C19H12Cl3N3OS/c1-10-8-16(25(24-10)13-5-2-11(20)3-6-13)23-19(26)18-17(22)14-7-4-12(21)9-15(14)27-18/h2-9H,1H3,(H,23,26). The summed E-state index contributed by atoms with van der Waals surface area (Å²) in [5, 5.41) is 9.79. The van der Waals surface area contributed by atoms with Crippen LogP contribution in [0.25, 0.3) is 15.8 Å². The maximum absolute atomic E-state index is 12.9. The zero-order chi connectivity index (χ0) is 19.1. The van der Waals surface area contributed by atoms with Gasteiger partial charge in [-0.1, -0.05) is 40.9 Å². The summed E-state index contributed by atoms with van der Waals surface area (Å²) in [5.74, 6) is 0.249. The molecule has 2 heterocycles. The Hall–Kier alpha value is -2.05. The molecule has 0 aliphatic carbocycles. The van der Waals surface area contributed by atoms with Gasteiger partial charge in [-0.3, -0.25) is 4.79 Å². The summed E-state index contributed by atoms with van der Waals surface area (Å²) in [7, 11) is 0. The SMILES string of the molecule is Cc1cc(NC(=O)c2sc3cc(Cl)ccc3c2Cl)n(-c2ccc(Cl)cc2)n1. The molecule has 1 N–H and O–H groups in total. The second-order valence-corrected chi connectivity index (χ2v) is 8.20. The minimum absolute atomic E-state index is 0.299. The van der Waals surface area contributed by atoms with E-state index in [0.29, 0.717) is 25.8 Å². The predicted octanol–water partition coefficient (Wildman–Crippen LogP) is 6.61. The highest BCUT2D eigenvalue weighted by Gasteiger charge is 2.19. The topological polar surface area (TPSA) is 46.9 Å².